The lowest BCUT2D eigenvalue weighted by atomic mass is 10.1. The van der Waals surface area contributed by atoms with Crippen LogP contribution in [-0.4, -0.2) is 38.9 Å². The van der Waals surface area contributed by atoms with Gasteiger partial charge in [-0.15, -0.1) is 0 Å². The van der Waals surface area contributed by atoms with Gasteiger partial charge in [-0.2, -0.15) is 0 Å². The van der Waals surface area contributed by atoms with Crippen molar-refractivity contribution < 1.29 is 19.1 Å². The molecule has 20 heavy (non-hydrogen) atoms. The number of methoxy groups -OCH3 is 2. The van der Waals surface area contributed by atoms with E-state index < -0.39 is 4.92 Å². The number of nitro groups is 1. The molecule has 0 aromatic heterocycles. The smallest absolute Gasteiger partial charge is 0.296 e. The molecule has 1 aromatic carbocycles. The summed E-state index contributed by atoms with van der Waals surface area (Å²) in [5.74, 6) is 1.18. The number of ether oxygens (including phenoxy) is 3. The summed E-state index contributed by atoms with van der Waals surface area (Å²) in [6, 6.07) is 2.96. The molecule has 0 aliphatic carbocycles. The van der Waals surface area contributed by atoms with Crippen LogP contribution in [0.25, 0.3) is 0 Å². The largest absolute Gasteiger partial charge is 0.493 e. The maximum Gasteiger partial charge on any atom is 0.296 e. The molecule has 1 aliphatic heterocycles. The van der Waals surface area contributed by atoms with Crippen molar-refractivity contribution in [2.45, 2.75) is 6.42 Å². The minimum atomic E-state index is -0.435. The van der Waals surface area contributed by atoms with Crippen molar-refractivity contribution in [3.05, 3.63) is 22.2 Å². The van der Waals surface area contributed by atoms with Crippen LogP contribution in [0.3, 0.4) is 0 Å². The van der Waals surface area contributed by atoms with Crippen molar-refractivity contribution in [2.24, 2.45) is 5.92 Å². The monoisotopic (exact) mass is 282 g/mol. The summed E-state index contributed by atoms with van der Waals surface area (Å²) in [6.45, 7) is 2.07. The van der Waals surface area contributed by atoms with Crippen LogP contribution in [-0.2, 0) is 4.74 Å². The fourth-order valence-electron chi connectivity index (χ4n) is 2.16. The molecule has 7 heteroatoms. The lowest BCUT2D eigenvalue weighted by Crippen LogP contribution is -2.15. The van der Waals surface area contributed by atoms with Gasteiger partial charge >= 0.3 is 0 Å². The quantitative estimate of drug-likeness (QED) is 0.635. The van der Waals surface area contributed by atoms with Gasteiger partial charge in [0.2, 0.25) is 0 Å². The van der Waals surface area contributed by atoms with Crippen LogP contribution in [0.1, 0.15) is 6.42 Å². The van der Waals surface area contributed by atoms with Crippen molar-refractivity contribution in [3.63, 3.8) is 0 Å². The Hall–Kier alpha value is -2.02. The van der Waals surface area contributed by atoms with E-state index in [1.54, 1.807) is 6.07 Å². The van der Waals surface area contributed by atoms with E-state index in [0.29, 0.717) is 36.3 Å². The number of nitrogens with one attached hydrogen (secondary N) is 1. The third-order valence-electron chi connectivity index (χ3n) is 3.30. The summed E-state index contributed by atoms with van der Waals surface area (Å²) in [4.78, 5) is 10.7. The van der Waals surface area contributed by atoms with E-state index in [-0.39, 0.29) is 5.69 Å². The number of nitro benzene ring substituents is 1. The maximum absolute atomic E-state index is 11.1. The number of hydrogen-bond acceptors (Lipinski definition) is 6. The molecule has 0 spiro atoms. The third kappa shape index (κ3) is 3.11. The molecule has 110 valence electrons. The molecule has 1 fully saturated rings. The van der Waals surface area contributed by atoms with Crippen molar-refractivity contribution in [2.75, 3.05) is 39.3 Å². The fourth-order valence-corrected chi connectivity index (χ4v) is 2.16. The molecule has 1 saturated heterocycles. The van der Waals surface area contributed by atoms with Gasteiger partial charge in [0.05, 0.1) is 31.8 Å². The first kappa shape index (κ1) is 14.4. The summed E-state index contributed by atoms with van der Waals surface area (Å²) in [7, 11) is 2.95. The molecule has 0 bridgehead atoms. The van der Waals surface area contributed by atoms with Crippen LogP contribution in [0.15, 0.2) is 12.1 Å². The van der Waals surface area contributed by atoms with E-state index in [0.717, 1.165) is 13.0 Å². The zero-order valence-corrected chi connectivity index (χ0v) is 11.5. The van der Waals surface area contributed by atoms with Gasteiger partial charge in [-0.05, 0) is 6.42 Å². The van der Waals surface area contributed by atoms with E-state index >= 15 is 0 Å². The zero-order valence-electron chi connectivity index (χ0n) is 11.5. The van der Waals surface area contributed by atoms with E-state index in [1.807, 2.05) is 0 Å². The first-order valence-electron chi connectivity index (χ1n) is 6.37. The number of rotatable bonds is 6. The Morgan fingerprint density at radius 3 is 2.65 bits per heavy atom. The molecule has 1 heterocycles. The standard InChI is InChI=1S/C13H18N2O5/c1-18-12-5-10(14-7-9-3-4-20-8-9)11(15(16)17)6-13(12)19-2/h5-6,9,14H,3-4,7-8H2,1-2H3. The van der Waals surface area contributed by atoms with E-state index in [2.05, 4.69) is 5.32 Å². The summed E-state index contributed by atoms with van der Waals surface area (Å²) in [5, 5.41) is 14.2. The Morgan fingerprint density at radius 1 is 1.40 bits per heavy atom. The van der Waals surface area contributed by atoms with Crippen molar-refractivity contribution >= 4 is 11.4 Å². The molecular formula is C13H18N2O5. The van der Waals surface area contributed by atoms with E-state index in [1.165, 1.54) is 20.3 Å². The van der Waals surface area contributed by atoms with Gasteiger partial charge in [-0.25, -0.2) is 0 Å². The van der Waals surface area contributed by atoms with Crippen LogP contribution in [0.2, 0.25) is 0 Å². The number of nitrogens with zero attached hydrogens (tertiary/aromatic N) is 1. The van der Waals surface area contributed by atoms with Crippen LogP contribution >= 0.6 is 0 Å². The molecule has 1 N–H and O–H groups in total. The number of benzene rings is 1. The second kappa shape index (κ2) is 6.42. The van der Waals surface area contributed by atoms with Gasteiger partial charge in [0.15, 0.2) is 11.5 Å². The molecule has 0 amide bonds. The van der Waals surface area contributed by atoms with Crippen LogP contribution in [0.4, 0.5) is 11.4 Å². The molecule has 7 nitrogen and oxygen atoms in total. The molecule has 1 aromatic rings. The highest BCUT2D eigenvalue weighted by Crippen LogP contribution is 2.37. The Balaban J connectivity index is 2.21. The first-order valence-corrected chi connectivity index (χ1v) is 6.37. The van der Waals surface area contributed by atoms with Gasteiger partial charge in [-0.1, -0.05) is 0 Å². The second-order valence-electron chi connectivity index (χ2n) is 4.59. The molecule has 2 rings (SSSR count). The average Bonchev–Trinajstić information content (AvgIpc) is 2.97. The highest BCUT2D eigenvalue weighted by molar-refractivity contribution is 5.68. The number of hydrogen-bond donors (Lipinski definition) is 1. The summed E-state index contributed by atoms with van der Waals surface area (Å²) in [6.07, 6.45) is 0.966. The van der Waals surface area contributed by atoms with Crippen molar-refractivity contribution in [1.29, 1.82) is 0 Å². The topological polar surface area (TPSA) is 82.9 Å². The summed E-state index contributed by atoms with van der Waals surface area (Å²) >= 11 is 0. The molecule has 1 atom stereocenters. The summed E-state index contributed by atoms with van der Waals surface area (Å²) < 4.78 is 15.5. The van der Waals surface area contributed by atoms with Gasteiger partial charge in [-0.3, -0.25) is 10.1 Å². The minimum Gasteiger partial charge on any atom is -0.493 e. The Morgan fingerprint density at radius 2 is 2.10 bits per heavy atom. The Bertz CT molecular complexity index is 486. The SMILES string of the molecule is COc1cc(NCC2CCOC2)c([N+](=O)[O-])cc1OC. The van der Waals surface area contributed by atoms with Crippen LogP contribution in [0, 0.1) is 16.0 Å². The molecule has 1 unspecified atom stereocenters. The lowest BCUT2D eigenvalue weighted by Gasteiger charge is -2.14. The van der Waals surface area contributed by atoms with Gasteiger partial charge in [0.25, 0.3) is 5.69 Å². The number of anilines is 1. The summed E-state index contributed by atoms with van der Waals surface area (Å²) in [5.41, 5.74) is 0.404. The van der Waals surface area contributed by atoms with Gasteiger partial charge < -0.3 is 19.5 Å². The molecule has 0 radical (unpaired) electrons. The molecular weight excluding hydrogens is 264 g/mol. The Labute approximate surface area is 117 Å². The predicted octanol–water partition coefficient (Wildman–Crippen LogP) is 2.06. The van der Waals surface area contributed by atoms with Gasteiger partial charge in [0.1, 0.15) is 5.69 Å². The normalized spacial score (nSPS) is 17.8. The minimum absolute atomic E-state index is 0.0263. The van der Waals surface area contributed by atoms with Gasteiger partial charge in [0, 0.05) is 25.1 Å². The highest BCUT2D eigenvalue weighted by Gasteiger charge is 2.21. The molecule has 1 aliphatic rings. The lowest BCUT2D eigenvalue weighted by molar-refractivity contribution is -0.384. The van der Waals surface area contributed by atoms with Crippen LogP contribution in [0.5, 0.6) is 11.5 Å². The second-order valence-corrected chi connectivity index (χ2v) is 4.59. The van der Waals surface area contributed by atoms with Crippen molar-refractivity contribution in [3.8, 4) is 11.5 Å². The van der Waals surface area contributed by atoms with E-state index in [9.17, 15) is 10.1 Å². The fraction of sp³-hybridized carbons (Fsp3) is 0.538. The maximum atomic E-state index is 11.1. The highest BCUT2D eigenvalue weighted by atomic mass is 16.6. The average molecular weight is 282 g/mol. The first-order chi connectivity index (χ1) is 9.65. The van der Waals surface area contributed by atoms with E-state index in [4.69, 9.17) is 14.2 Å². The zero-order chi connectivity index (χ0) is 14.5. The third-order valence-corrected chi connectivity index (χ3v) is 3.30. The van der Waals surface area contributed by atoms with Crippen LogP contribution < -0.4 is 14.8 Å². The van der Waals surface area contributed by atoms with Crippen molar-refractivity contribution in [1.82, 2.24) is 0 Å². The Kier molecular flexibility index (Phi) is 4.62. The predicted molar refractivity (Wildman–Crippen MR) is 73.6 cm³/mol. The molecule has 0 saturated carbocycles.